The molecule has 20 heavy (non-hydrogen) atoms. The molecule has 3 N–H and O–H groups in total. The molecular weight excluding hydrogens is 277 g/mol. The fourth-order valence-corrected chi connectivity index (χ4v) is 2.51. The molecule has 1 fully saturated rings. The van der Waals surface area contributed by atoms with Gasteiger partial charge < -0.3 is 16.0 Å². The molecule has 0 atom stereocenters. The number of hydrogen-bond donors (Lipinski definition) is 2. The maximum atomic E-state index is 12.8. The largest absolute Gasteiger partial charge is 0.369 e. The molecule has 1 heterocycles. The van der Waals surface area contributed by atoms with E-state index in [4.69, 9.17) is 18.0 Å². The zero-order valence-corrected chi connectivity index (χ0v) is 12.0. The first-order chi connectivity index (χ1) is 9.56. The standard InChI is InChI=1S/C14H18FN3OS/c15-12-3-1-10(2-4-12)9-17-14(20)18-7-5-11(6-8-18)13(16)19/h1-4,11H,5-9H2,(H2,16,19)(H,17,20). The maximum absolute atomic E-state index is 12.8. The first-order valence-electron chi connectivity index (χ1n) is 6.63. The number of hydrogen-bond acceptors (Lipinski definition) is 2. The summed E-state index contributed by atoms with van der Waals surface area (Å²) in [6.07, 6.45) is 1.49. The van der Waals surface area contributed by atoms with E-state index >= 15 is 0 Å². The van der Waals surface area contributed by atoms with Crippen molar-refractivity contribution in [2.45, 2.75) is 19.4 Å². The number of likely N-dealkylation sites (tertiary alicyclic amines) is 1. The molecule has 1 amide bonds. The topological polar surface area (TPSA) is 58.4 Å². The van der Waals surface area contributed by atoms with E-state index < -0.39 is 0 Å². The van der Waals surface area contributed by atoms with Crippen molar-refractivity contribution in [2.24, 2.45) is 11.7 Å². The maximum Gasteiger partial charge on any atom is 0.220 e. The lowest BCUT2D eigenvalue weighted by Gasteiger charge is -2.32. The number of rotatable bonds is 3. The average Bonchev–Trinajstić information content (AvgIpc) is 2.46. The van der Waals surface area contributed by atoms with E-state index in [0.717, 1.165) is 31.5 Å². The van der Waals surface area contributed by atoms with E-state index in [1.807, 2.05) is 4.90 Å². The van der Waals surface area contributed by atoms with Crippen LogP contribution in [0.2, 0.25) is 0 Å². The average molecular weight is 295 g/mol. The van der Waals surface area contributed by atoms with Crippen LogP contribution in [0.1, 0.15) is 18.4 Å². The summed E-state index contributed by atoms with van der Waals surface area (Å²) in [5, 5.41) is 3.82. The molecule has 1 aliphatic rings. The molecule has 0 aromatic heterocycles. The van der Waals surface area contributed by atoms with E-state index in [-0.39, 0.29) is 17.6 Å². The molecule has 0 unspecified atom stereocenters. The Labute approximate surface area is 123 Å². The molecule has 1 aliphatic heterocycles. The Morgan fingerprint density at radius 1 is 1.35 bits per heavy atom. The highest BCUT2D eigenvalue weighted by atomic mass is 32.1. The summed E-state index contributed by atoms with van der Waals surface area (Å²) in [5.74, 6) is -0.508. The van der Waals surface area contributed by atoms with Gasteiger partial charge in [0.05, 0.1) is 0 Å². The van der Waals surface area contributed by atoms with Gasteiger partial charge >= 0.3 is 0 Å². The van der Waals surface area contributed by atoms with Gasteiger partial charge in [-0.3, -0.25) is 4.79 Å². The number of benzene rings is 1. The van der Waals surface area contributed by atoms with Crippen LogP contribution in [0.3, 0.4) is 0 Å². The summed E-state index contributed by atoms with van der Waals surface area (Å²) in [6, 6.07) is 6.31. The predicted octanol–water partition coefficient (Wildman–Crippen LogP) is 1.40. The Hall–Kier alpha value is -1.69. The van der Waals surface area contributed by atoms with E-state index in [0.29, 0.717) is 11.7 Å². The Morgan fingerprint density at radius 2 is 1.95 bits per heavy atom. The monoisotopic (exact) mass is 295 g/mol. The van der Waals surface area contributed by atoms with Gasteiger partial charge in [-0.1, -0.05) is 12.1 Å². The third-order valence-corrected chi connectivity index (χ3v) is 3.94. The lowest BCUT2D eigenvalue weighted by molar-refractivity contribution is -0.122. The molecule has 108 valence electrons. The van der Waals surface area contributed by atoms with Crippen molar-refractivity contribution in [2.75, 3.05) is 13.1 Å². The van der Waals surface area contributed by atoms with Crippen molar-refractivity contribution in [3.8, 4) is 0 Å². The molecule has 0 saturated carbocycles. The Morgan fingerprint density at radius 3 is 2.50 bits per heavy atom. The summed E-state index contributed by atoms with van der Waals surface area (Å²) in [7, 11) is 0. The molecule has 0 bridgehead atoms. The summed E-state index contributed by atoms with van der Waals surface area (Å²) in [4.78, 5) is 13.1. The van der Waals surface area contributed by atoms with Crippen LogP contribution in [0.25, 0.3) is 0 Å². The van der Waals surface area contributed by atoms with Crippen molar-refractivity contribution < 1.29 is 9.18 Å². The molecule has 6 heteroatoms. The van der Waals surface area contributed by atoms with Gasteiger partial charge in [0.15, 0.2) is 5.11 Å². The van der Waals surface area contributed by atoms with Crippen LogP contribution in [0.5, 0.6) is 0 Å². The smallest absolute Gasteiger partial charge is 0.220 e. The molecule has 1 aromatic rings. The number of nitrogens with two attached hydrogens (primary N) is 1. The van der Waals surface area contributed by atoms with Crippen molar-refractivity contribution >= 4 is 23.2 Å². The molecular formula is C14H18FN3OS. The summed E-state index contributed by atoms with van der Waals surface area (Å²) in [6.45, 7) is 2.04. The number of carbonyl (C=O) groups excluding carboxylic acids is 1. The summed E-state index contributed by atoms with van der Waals surface area (Å²) in [5.41, 5.74) is 6.27. The van der Waals surface area contributed by atoms with Crippen LogP contribution in [0.4, 0.5) is 4.39 Å². The molecule has 1 saturated heterocycles. The zero-order valence-electron chi connectivity index (χ0n) is 11.1. The summed E-state index contributed by atoms with van der Waals surface area (Å²) < 4.78 is 12.8. The Balaban J connectivity index is 1.78. The van der Waals surface area contributed by atoms with Crippen molar-refractivity contribution in [1.82, 2.24) is 10.2 Å². The highest BCUT2D eigenvalue weighted by molar-refractivity contribution is 7.80. The second kappa shape index (κ2) is 6.65. The highest BCUT2D eigenvalue weighted by Crippen LogP contribution is 2.16. The Kier molecular flexibility index (Phi) is 4.89. The van der Waals surface area contributed by atoms with Gasteiger partial charge in [-0.05, 0) is 42.8 Å². The van der Waals surface area contributed by atoms with E-state index in [1.165, 1.54) is 12.1 Å². The van der Waals surface area contributed by atoms with Crippen LogP contribution in [-0.4, -0.2) is 29.0 Å². The van der Waals surface area contributed by atoms with Crippen LogP contribution >= 0.6 is 12.2 Å². The SMILES string of the molecule is NC(=O)C1CCN(C(=S)NCc2ccc(F)cc2)CC1. The fraction of sp³-hybridized carbons (Fsp3) is 0.429. The second-order valence-electron chi connectivity index (χ2n) is 4.95. The Bertz CT molecular complexity index is 484. The normalized spacial score (nSPS) is 15.9. The number of amides is 1. The zero-order chi connectivity index (χ0) is 14.5. The van der Waals surface area contributed by atoms with Gasteiger partial charge in [-0.15, -0.1) is 0 Å². The fourth-order valence-electron chi connectivity index (χ4n) is 2.26. The minimum absolute atomic E-state index is 0.0360. The van der Waals surface area contributed by atoms with Gasteiger partial charge in [0.2, 0.25) is 5.91 Å². The van der Waals surface area contributed by atoms with Gasteiger partial charge in [0, 0.05) is 25.6 Å². The second-order valence-corrected chi connectivity index (χ2v) is 5.34. The van der Waals surface area contributed by atoms with Gasteiger partial charge in [-0.2, -0.15) is 0 Å². The predicted molar refractivity (Wildman–Crippen MR) is 79.3 cm³/mol. The van der Waals surface area contributed by atoms with E-state index in [2.05, 4.69) is 5.32 Å². The number of carbonyl (C=O) groups is 1. The lowest BCUT2D eigenvalue weighted by atomic mass is 9.97. The lowest BCUT2D eigenvalue weighted by Crippen LogP contribution is -2.45. The number of nitrogens with one attached hydrogen (secondary N) is 1. The first-order valence-corrected chi connectivity index (χ1v) is 7.03. The highest BCUT2D eigenvalue weighted by Gasteiger charge is 2.24. The third-order valence-electron chi connectivity index (χ3n) is 3.54. The number of primary amides is 1. The van der Waals surface area contributed by atoms with Crippen LogP contribution < -0.4 is 11.1 Å². The summed E-state index contributed by atoms with van der Waals surface area (Å²) >= 11 is 5.33. The van der Waals surface area contributed by atoms with Crippen molar-refractivity contribution in [3.63, 3.8) is 0 Å². The minimum atomic E-state index is -0.246. The first kappa shape index (κ1) is 14.7. The van der Waals surface area contributed by atoms with Gasteiger partial charge in [0.25, 0.3) is 0 Å². The molecule has 4 nitrogen and oxygen atoms in total. The van der Waals surface area contributed by atoms with Crippen molar-refractivity contribution in [3.05, 3.63) is 35.6 Å². The molecule has 0 radical (unpaired) electrons. The molecule has 2 rings (SSSR count). The number of nitrogens with zero attached hydrogens (tertiary/aromatic N) is 1. The number of halogens is 1. The van der Waals surface area contributed by atoms with Crippen LogP contribution in [-0.2, 0) is 11.3 Å². The minimum Gasteiger partial charge on any atom is -0.369 e. The van der Waals surface area contributed by atoms with Crippen LogP contribution in [0, 0.1) is 11.7 Å². The van der Waals surface area contributed by atoms with Gasteiger partial charge in [-0.25, -0.2) is 4.39 Å². The van der Waals surface area contributed by atoms with E-state index in [9.17, 15) is 9.18 Å². The third kappa shape index (κ3) is 3.90. The number of piperidine rings is 1. The molecule has 0 aliphatic carbocycles. The van der Waals surface area contributed by atoms with Crippen molar-refractivity contribution in [1.29, 1.82) is 0 Å². The number of thiocarbonyl (C=S) groups is 1. The quantitative estimate of drug-likeness (QED) is 0.828. The van der Waals surface area contributed by atoms with Crippen LogP contribution in [0.15, 0.2) is 24.3 Å². The molecule has 1 aromatic carbocycles. The molecule has 0 spiro atoms. The van der Waals surface area contributed by atoms with E-state index in [1.54, 1.807) is 12.1 Å². The van der Waals surface area contributed by atoms with Gasteiger partial charge in [0.1, 0.15) is 5.82 Å².